The topological polar surface area (TPSA) is 70.6 Å². The van der Waals surface area contributed by atoms with E-state index in [-0.39, 0.29) is 19.5 Å². The Kier molecular flexibility index (Phi) is 3.68. The van der Waals surface area contributed by atoms with E-state index in [1.807, 2.05) is 0 Å². The second-order valence-corrected chi connectivity index (χ2v) is 8.24. The van der Waals surface area contributed by atoms with Gasteiger partial charge in [0.15, 0.2) is 0 Å². The third-order valence-corrected chi connectivity index (χ3v) is 5.62. The molecule has 0 N–H and O–H groups in total. The highest BCUT2D eigenvalue weighted by molar-refractivity contribution is 7.88. The summed E-state index contributed by atoms with van der Waals surface area (Å²) in [5.41, 5.74) is -0.838. The van der Waals surface area contributed by atoms with E-state index in [2.05, 4.69) is 4.98 Å². The van der Waals surface area contributed by atoms with Crippen molar-refractivity contribution in [1.29, 1.82) is 0 Å². The van der Waals surface area contributed by atoms with E-state index in [9.17, 15) is 22.0 Å². The first-order chi connectivity index (χ1) is 10.6. The number of nitrogens with zero attached hydrogens (tertiary/aromatic N) is 3. The van der Waals surface area contributed by atoms with Gasteiger partial charge in [-0.25, -0.2) is 17.2 Å². The van der Waals surface area contributed by atoms with Crippen LogP contribution in [0.3, 0.4) is 0 Å². The molecule has 9 heteroatoms. The van der Waals surface area contributed by atoms with Crippen LogP contribution >= 0.6 is 0 Å². The normalized spacial score (nSPS) is 28.5. The monoisotopic (exact) mass is 345 g/mol. The minimum atomic E-state index is -3.80. The Morgan fingerprint density at radius 2 is 2.04 bits per heavy atom. The number of pyridine rings is 1. The van der Waals surface area contributed by atoms with E-state index in [1.165, 1.54) is 11.1 Å². The van der Waals surface area contributed by atoms with Gasteiger partial charge in [0.2, 0.25) is 15.9 Å². The fraction of sp³-hybridized carbons (Fsp3) is 0.571. The summed E-state index contributed by atoms with van der Waals surface area (Å²) in [6, 6.07) is 3.34. The molecule has 2 saturated heterocycles. The van der Waals surface area contributed by atoms with Crippen LogP contribution in [0.2, 0.25) is 0 Å². The maximum atomic E-state index is 14.1. The van der Waals surface area contributed by atoms with Crippen LogP contribution < -0.4 is 4.90 Å². The zero-order valence-corrected chi connectivity index (χ0v) is 13.4. The number of hydrogen-bond donors (Lipinski definition) is 0. The second kappa shape index (κ2) is 5.20. The third kappa shape index (κ3) is 2.94. The van der Waals surface area contributed by atoms with Gasteiger partial charge in [-0.05, 0) is 18.6 Å². The molecule has 3 heterocycles. The minimum Gasteiger partial charge on any atom is -0.310 e. The molecular weight excluding hydrogens is 328 g/mol. The zero-order valence-electron chi connectivity index (χ0n) is 12.6. The van der Waals surface area contributed by atoms with Crippen LogP contribution in [0.15, 0.2) is 24.5 Å². The van der Waals surface area contributed by atoms with Crippen molar-refractivity contribution < 1.29 is 22.0 Å². The van der Waals surface area contributed by atoms with Crippen LogP contribution in [0.5, 0.6) is 0 Å². The molecule has 0 saturated carbocycles. The quantitative estimate of drug-likeness (QED) is 0.805. The van der Waals surface area contributed by atoms with Gasteiger partial charge in [0, 0.05) is 25.7 Å². The van der Waals surface area contributed by atoms with Crippen LogP contribution in [0.4, 0.5) is 14.5 Å². The minimum absolute atomic E-state index is 0.197. The summed E-state index contributed by atoms with van der Waals surface area (Å²) in [5.74, 6) is -3.68. The molecule has 0 aliphatic carbocycles. The molecule has 1 amide bonds. The zero-order chi connectivity index (χ0) is 16.9. The maximum Gasteiger partial charge on any atom is 0.262 e. The number of rotatable bonds is 2. The number of amides is 1. The molecule has 2 aliphatic heterocycles. The number of aromatic nitrogens is 1. The maximum absolute atomic E-state index is 14.1. The Morgan fingerprint density at radius 1 is 1.30 bits per heavy atom. The highest BCUT2D eigenvalue weighted by Gasteiger charge is 2.58. The van der Waals surface area contributed by atoms with Gasteiger partial charge >= 0.3 is 0 Å². The molecule has 1 spiro atoms. The summed E-state index contributed by atoms with van der Waals surface area (Å²) in [4.78, 5) is 18.1. The molecular formula is C14H17F2N3O3S. The molecule has 23 heavy (non-hydrogen) atoms. The first kappa shape index (κ1) is 16.3. The highest BCUT2D eigenvalue weighted by Crippen LogP contribution is 2.47. The van der Waals surface area contributed by atoms with Crippen LogP contribution in [-0.4, -0.2) is 55.4 Å². The predicted molar refractivity (Wildman–Crippen MR) is 79.6 cm³/mol. The number of carbonyl (C=O) groups excluding carboxylic acids is 1. The SMILES string of the molecule is CS(=O)(=O)N1CC(F)(F)C[C@@]2(CCN(c3cccnc3)C2=O)C1. The molecule has 0 radical (unpaired) electrons. The molecule has 6 nitrogen and oxygen atoms in total. The van der Waals surface area contributed by atoms with Crippen LogP contribution in [0.1, 0.15) is 12.8 Å². The Labute approximate surface area is 133 Å². The smallest absolute Gasteiger partial charge is 0.262 e. The van der Waals surface area contributed by atoms with Crippen molar-refractivity contribution in [3.8, 4) is 0 Å². The number of anilines is 1. The Bertz CT molecular complexity index is 726. The van der Waals surface area contributed by atoms with Gasteiger partial charge in [0.05, 0.1) is 30.1 Å². The summed E-state index contributed by atoms with van der Waals surface area (Å²) in [7, 11) is -3.80. The van der Waals surface area contributed by atoms with Crippen LogP contribution in [0.25, 0.3) is 0 Å². The average Bonchev–Trinajstić information content (AvgIpc) is 2.74. The van der Waals surface area contributed by atoms with Gasteiger partial charge in [-0.3, -0.25) is 9.78 Å². The van der Waals surface area contributed by atoms with Gasteiger partial charge < -0.3 is 4.90 Å². The van der Waals surface area contributed by atoms with Crippen molar-refractivity contribution in [2.45, 2.75) is 18.8 Å². The van der Waals surface area contributed by atoms with E-state index in [1.54, 1.807) is 18.3 Å². The average molecular weight is 345 g/mol. The van der Waals surface area contributed by atoms with Gasteiger partial charge in [0.25, 0.3) is 5.92 Å². The van der Waals surface area contributed by atoms with Gasteiger partial charge in [0.1, 0.15) is 0 Å². The van der Waals surface area contributed by atoms with Gasteiger partial charge in [-0.1, -0.05) is 0 Å². The highest BCUT2D eigenvalue weighted by atomic mass is 32.2. The van der Waals surface area contributed by atoms with Crippen molar-refractivity contribution in [3.63, 3.8) is 0 Å². The molecule has 2 aliphatic rings. The van der Waals surface area contributed by atoms with E-state index >= 15 is 0 Å². The Balaban J connectivity index is 1.94. The number of halogens is 2. The molecule has 1 aromatic rings. The lowest BCUT2D eigenvalue weighted by molar-refractivity contribution is -0.140. The number of sulfonamides is 1. The van der Waals surface area contributed by atoms with Crippen molar-refractivity contribution in [2.75, 3.05) is 30.8 Å². The fourth-order valence-corrected chi connectivity index (χ4v) is 4.29. The summed E-state index contributed by atoms with van der Waals surface area (Å²) in [5, 5.41) is 0. The van der Waals surface area contributed by atoms with Gasteiger partial charge in [-0.2, -0.15) is 4.31 Å². The largest absolute Gasteiger partial charge is 0.310 e. The van der Waals surface area contributed by atoms with E-state index in [0.29, 0.717) is 5.69 Å². The summed E-state index contributed by atoms with van der Waals surface area (Å²) < 4.78 is 52.4. The standard InChI is InChI=1S/C14H17F2N3O3S/c1-23(21,22)18-9-13(8-14(15,16)10-18)4-6-19(12(13)20)11-3-2-5-17-7-11/h2-3,5,7H,4,6,8-10H2,1H3/t13-/m0/s1. The molecule has 1 atom stereocenters. The lowest BCUT2D eigenvalue weighted by Gasteiger charge is -2.41. The molecule has 1 aromatic heterocycles. The lowest BCUT2D eigenvalue weighted by Crippen LogP contribution is -2.56. The van der Waals surface area contributed by atoms with E-state index in [0.717, 1.165) is 10.6 Å². The number of carbonyl (C=O) groups is 1. The molecule has 2 fully saturated rings. The number of alkyl halides is 2. The molecule has 3 rings (SSSR count). The van der Waals surface area contributed by atoms with Gasteiger partial charge in [-0.15, -0.1) is 0 Å². The summed E-state index contributed by atoms with van der Waals surface area (Å²) in [6.45, 7) is -0.789. The first-order valence-electron chi connectivity index (χ1n) is 7.18. The lowest BCUT2D eigenvalue weighted by atomic mass is 9.78. The molecule has 126 valence electrons. The first-order valence-corrected chi connectivity index (χ1v) is 9.03. The van der Waals surface area contributed by atoms with E-state index < -0.39 is 40.2 Å². The molecule has 0 unspecified atom stereocenters. The summed E-state index contributed by atoms with van der Waals surface area (Å²) >= 11 is 0. The van der Waals surface area contributed by atoms with Crippen molar-refractivity contribution in [1.82, 2.24) is 9.29 Å². The van der Waals surface area contributed by atoms with Crippen LogP contribution in [-0.2, 0) is 14.8 Å². The van der Waals surface area contributed by atoms with Crippen molar-refractivity contribution in [2.24, 2.45) is 5.41 Å². The van der Waals surface area contributed by atoms with E-state index in [4.69, 9.17) is 0 Å². The third-order valence-electron chi connectivity index (χ3n) is 4.42. The number of hydrogen-bond acceptors (Lipinski definition) is 4. The Hall–Kier alpha value is -1.61. The Morgan fingerprint density at radius 3 is 2.65 bits per heavy atom. The van der Waals surface area contributed by atoms with Crippen molar-refractivity contribution in [3.05, 3.63) is 24.5 Å². The molecule has 0 aromatic carbocycles. The second-order valence-electron chi connectivity index (χ2n) is 6.26. The van der Waals surface area contributed by atoms with Crippen molar-refractivity contribution >= 4 is 21.6 Å². The number of piperidine rings is 1. The van der Waals surface area contributed by atoms with Crippen LogP contribution in [0, 0.1) is 5.41 Å². The predicted octanol–water partition coefficient (Wildman–Crippen LogP) is 1.11. The molecule has 0 bridgehead atoms. The fourth-order valence-electron chi connectivity index (χ4n) is 3.38. The summed E-state index contributed by atoms with van der Waals surface area (Å²) in [6.07, 6.45) is 3.51.